The van der Waals surface area contributed by atoms with Crippen LogP contribution in [-0.4, -0.2) is 60.9 Å². The molecule has 0 bridgehead atoms. The first kappa shape index (κ1) is 14.4. The maximum Gasteiger partial charge on any atom is 0.191 e. The molecular formula is C13H23N5S. The molecule has 0 radical (unpaired) electrons. The van der Waals surface area contributed by atoms with Crippen molar-refractivity contribution in [2.75, 3.05) is 50.2 Å². The molecule has 2 heterocycles. The number of nitrogens with zero attached hydrogens (tertiary/aromatic N) is 4. The predicted molar refractivity (Wildman–Crippen MR) is 82.3 cm³/mol. The van der Waals surface area contributed by atoms with Crippen molar-refractivity contribution in [1.82, 2.24) is 14.9 Å². The molecule has 1 aliphatic rings. The van der Waals surface area contributed by atoms with Gasteiger partial charge in [-0.05, 0) is 33.7 Å². The molecule has 1 aromatic rings. The quantitative estimate of drug-likeness (QED) is 0.655. The Kier molecular flexibility index (Phi) is 4.87. The lowest BCUT2D eigenvalue weighted by Crippen LogP contribution is -2.31. The molecule has 5 nitrogen and oxygen atoms in total. The largest absolute Gasteiger partial charge is 0.370 e. The van der Waals surface area contributed by atoms with Gasteiger partial charge in [0.1, 0.15) is 11.6 Å². The second-order valence-electron chi connectivity index (χ2n) is 4.98. The zero-order valence-corrected chi connectivity index (χ0v) is 13.0. The lowest BCUT2D eigenvalue weighted by atomic mass is 10.2. The minimum absolute atomic E-state index is 0.621. The lowest BCUT2D eigenvalue weighted by molar-refractivity contribution is 0.315. The smallest absolute Gasteiger partial charge is 0.191 e. The molecule has 1 saturated heterocycles. The molecule has 106 valence electrons. The van der Waals surface area contributed by atoms with E-state index in [4.69, 9.17) is 0 Å². The highest BCUT2D eigenvalue weighted by Crippen LogP contribution is 2.24. The number of thioether (sulfide) groups is 1. The summed E-state index contributed by atoms with van der Waals surface area (Å²) in [6, 6.07) is 2.68. The first-order chi connectivity index (χ1) is 9.13. The number of anilines is 2. The predicted octanol–water partition coefficient (Wildman–Crippen LogP) is 1.77. The van der Waals surface area contributed by atoms with Crippen molar-refractivity contribution in [3.8, 4) is 0 Å². The van der Waals surface area contributed by atoms with E-state index in [-0.39, 0.29) is 0 Å². The Balaban J connectivity index is 2.17. The molecule has 0 amide bonds. The highest BCUT2D eigenvalue weighted by atomic mass is 32.2. The summed E-state index contributed by atoms with van der Waals surface area (Å²) in [5.41, 5.74) is 0. The standard InChI is InChI=1S/C13H23N5S/c1-5-14-11-8-12(16-13(15-11)19-4)18-7-6-10(9-18)17(2)3/h8,10H,5-7,9H2,1-4H3,(H,14,15,16). The first-order valence-corrected chi connectivity index (χ1v) is 7.94. The van der Waals surface area contributed by atoms with Gasteiger partial charge in [0.15, 0.2) is 5.16 Å². The summed E-state index contributed by atoms with van der Waals surface area (Å²) >= 11 is 1.59. The van der Waals surface area contributed by atoms with Crippen LogP contribution in [0.5, 0.6) is 0 Å². The number of nitrogens with one attached hydrogen (secondary N) is 1. The van der Waals surface area contributed by atoms with Gasteiger partial charge in [0, 0.05) is 31.7 Å². The summed E-state index contributed by atoms with van der Waals surface area (Å²) in [5.74, 6) is 1.96. The maximum absolute atomic E-state index is 4.63. The van der Waals surface area contributed by atoms with Crippen LogP contribution in [0.2, 0.25) is 0 Å². The number of hydrogen-bond acceptors (Lipinski definition) is 6. The van der Waals surface area contributed by atoms with Crippen LogP contribution in [0, 0.1) is 0 Å². The molecule has 6 heteroatoms. The first-order valence-electron chi connectivity index (χ1n) is 6.72. The zero-order chi connectivity index (χ0) is 13.8. The summed E-state index contributed by atoms with van der Waals surface area (Å²) in [4.78, 5) is 13.7. The molecule has 0 saturated carbocycles. The fourth-order valence-electron chi connectivity index (χ4n) is 2.31. The molecule has 1 N–H and O–H groups in total. The molecule has 0 spiro atoms. The van der Waals surface area contributed by atoms with E-state index in [1.807, 2.05) is 6.26 Å². The molecule has 1 aliphatic heterocycles. The Bertz CT molecular complexity index is 423. The van der Waals surface area contributed by atoms with Crippen LogP contribution in [0.4, 0.5) is 11.6 Å². The minimum atomic E-state index is 0.621. The highest BCUT2D eigenvalue weighted by molar-refractivity contribution is 7.98. The van der Waals surface area contributed by atoms with Gasteiger partial charge in [0.05, 0.1) is 0 Å². The summed E-state index contributed by atoms with van der Waals surface area (Å²) in [6.07, 6.45) is 3.21. The van der Waals surface area contributed by atoms with Crippen molar-refractivity contribution in [2.45, 2.75) is 24.5 Å². The van der Waals surface area contributed by atoms with Crippen LogP contribution < -0.4 is 10.2 Å². The second-order valence-corrected chi connectivity index (χ2v) is 5.75. The van der Waals surface area contributed by atoms with Gasteiger partial charge >= 0.3 is 0 Å². The molecule has 0 aromatic carbocycles. The van der Waals surface area contributed by atoms with Crippen LogP contribution in [0.1, 0.15) is 13.3 Å². The van der Waals surface area contributed by atoms with Gasteiger partial charge in [-0.3, -0.25) is 0 Å². The molecule has 1 unspecified atom stereocenters. The van der Waals surface area contributed by atoms with Gasteiger partial charge in [-0.1, -0.05) is 11.8 Å². The number of hydrogen-bond donors (Lipinski definition) is 1. The van der Waals surface area contributed by atoms with Crippen molar-refractivity contribution in [3.63, 3.8) is 0 Å². The van der Waals surface area contributed by atoms with Gasteiger partial charge in [-0.2, -0.15) is 0 Å². The van der Waals surface area contributed by atoms with Crippen LogP contribution in [-0.2, 0) is 0 Å². The average molecular weight is 281 g/mol. The summed E-state index contributed by atoms with van der Waals surface area (Å²) < 4.78 is 0. The SMILES string of the molecule is CCNc1cc(N2CCC(N(C)C)C2)nc(SC)n1. The van der Waals surface area contributed by atoms with Crippen molar-refractivity contribution in [2.24, 2.45) is 0 Å². The van der Waals surface area contributed by atoms with E-state index in [1.165, 1.54) is 6.42 Å². The van der Waals surface area contributed by atoms with E-state index < -0.39 is 0 Å². The Morgan fingerprint density at radius 3 is 2.84 bits per heavy atom. The second kappa shape index (κ2) is 6.43. The molecule has 1 atom stereocenters. The molecule has 1 fully saturated rings. The third-order valence-electron chi connectivity index (χ3n) is 3.45. The molecule has 1 aromatic heterocycles. The molecule has 19 heavy (non-hydrogen) atoms. The summed E-state index contributed by atoms with van der Waals surface area (Å²) in [7, 11) is 4.29. The van der Waals surface area contributed by atoms with E-state index in [9.17, 15) is 0 Å². The lowest BCUT2D eigenvalue weighted by Gasteiger charge is -2.21. The van der Waals surface area contributed by atoms with Gasteiger partial charge < -0.3 is 15.1 Å². The third kappa shape index (κ3) is 3.51. The zero-order valence-electron chi connectivity index (χ0n) is 12.2. The number of rotatable bonds is 5. The average Bonchev–Trinajstić information content (AvgIpc) is 2.88. The Labute approximate surface area is 119 Å². The van der Waals surface area contributed by atoms with E-state index in [1.54, 1.807) is 11.8 Å². The van der Waals surface area contributed by atoms with E-state index in [2.05, 4.69) is 52.2 Å². The topological polar surface area (TPSA) is 44.3 Å². The van der Waals surface area contributed by atoms with E-state index in [0.29, 0.717) is 6.04 Å². The third-order valence-corrected chi connectivity index (χ3v) is 4.00. The summed E-state index contributed by atoms with van der Waals surface area (Å²) in [6.45, 7) is 5.08. The van der Waals surface area contributed by atoms with Gasteiger partial charge in [-0.25, -0.2) is 9.97 Å². The minimum Gasteiger partial charge on any atom is -0.370 e. The Morgan fingerprint density at radius 2 is 2.26 bits per heavy atom. The fraction of sp³-hybridized carbons (Fsp3) is 0.692. The van der Waals surface area contributed by atoms with Gasteiger partial charge in [0.25, 0.3) is 0 Å². The highest BCUT2D eigenvalue weighted by Gasteiger charge is 2.25. The Hall–Kier alpha value is -1.01. The van der Waals surface area contributed by atoms with E-state index >= 15 is 0 Å². The van der Waals surface area contributed by atoms with Crippen molar-refractivity contribution in [3.05, 3.63) is 6.07 Å². The van der Waals surface area contributed by atoms with Gasteiger partial charge in [-0.15, -0.1) is 0 Å². The van der Waals surface area contributed by atoms with Crippen molar-refractivity contribution < 1.29 is 0 Å². The van der Waals surface area contributed by atoms with Crippen molar-refractivity contribution >= 4 is 23.4 Å². The van der Waals surface area contributed by atoms with Crippen molar-refractivity contribution in [1.29, 1.82) is 0 Å². The number of aromatic nitrogens is 2. The van der Waals surface area contributed by atoms with Crippen LogP contribution in [0.15, 0.2) is 11.2 Å². The van der Waals surface area contributed by atoms with Crippen LogP contribution >= 0.6 is 11.8 Å². The maximum atomic E-state index is 4.63. The van der Waals surface area contributed by atoms with Gasteiger partial charge in [0.2, 0.25) is 0 Å². The van der Waals surface area contributed by atoms with Crippen LogP contribution in [0.25, 0.3) is 0 Å². The summed E-state index contributed by atoms with van der Waals surface area (Å²) in [5, 5.41) is 4.11. The molecular weight excluding hydrogens is 258 g/mol. The monoisotopic (exact) mass is 281 g/mol. The number of likely N-dealkylation sites (N-methyl/N-ethyl adjacent to an activating group) is 1. The molecule has 0 aliphatic carbocycles. The fourth-order valence-corrected chi connectivity index (χ4v) is 2.68. The Morgan fingerprint density at radius 1 is 1.47 bits per heavy atom. The molecule has 2 rings (SSSR count). The van der Waals surface area contributed by atoms with Crippen LogP contribution in [0.3, 0.4) is 0 Å². The normalized spacial score (nSPS) is 19.2. The van der Waals surface area contributed by atoms with E-state index in [0.717, 1.165) is 36.4 Å².